The molecule has 1 amide bonds. The highest BCUT2D eigenvalue weighted by atomic mass is 32.1. The Morgan fingerprint density at radius 1 is 1.39 bits per heavy atom. The molecule has 2 rings (SSSR count). The van der Waals surface area contributed by atoms with Crippen LogP contribution >= 0.6 is 11.3 Å². The molecule has 2 N–H and O–H groups in total. The average molecular weight is 337 g/mol. The molecule has 0 saturated heterocycles. The standard InChI is InChI=1S/C16H16FNO4S/c1-4-9-8(2)23-15(12(9)16(20)21)18-14(19)10-6-5-7-11(22-3)13(10)17/h5-7H,4H2,1-3H3,(H,18,19)(H,20,21). The second-order valence-electron chi connectivity index (χ2n) is 4.78. The molecular formula is C16H16FNO4S. The lowest BCUT2D eigenvalue weighted by Crippen LogP contribution is -2.15. The zero-order chi connectivity index (χ0) is 17.1. The number of anilines is 1. The number of carboxylic acid groups (broad SMARTS) is 1. The van der Waals surface area contributed by atoms with Crippen molar-refractivity contribution in [2.75, 3.05) is 12.4 Å². The maximum absolute atomic E-state index is 14.1. The summed E-state index contributed by atoms with van der Waals surface area (Å²) >= 11 is 1.17. The Morgan fingerprint density at radius 2 is 2.09 bits per heavy atom. The number of aromatic carboxylic acids is 1. The maximum Gasteiger partial charge on any atom is 0.339 e. The molecule has 1 aromatic carbocycles. The topological polar surface area (TPSA) is 75.6 Å². The number of benzene rings is 1. The van der Waals surface area contributed by atoms with Gasteiger partial charge in [-0.25, -0.2) is 9.18 Å². The maximum atomic E-state index is 14.1. The molecule has 1 aromatic heterocycles. The minimum absolute atomic E-state index is 0.0484. The third kappa shape index (κ3) is 3.19. The quantitative estimate of drug-likeness (QED) is 0.872. The van der Waals surface area contributed by atoms with E-state index in [1.54, 1.807) is 6.92 Å². The molecule has 0 fully saturated rings. The van der Waals surface area contributed by atoms with Gasteiger partial charge in [0.25, 0.3) is 5.91 Å². The Balaban J connectivity index is 2.40. The second-order valence-corrected chi connectivity index (χ2v) is 6.00. The zero-order valence-electron chi connectivity index (χ0n) is 12.9. The Bertz CT molecular complexity index is 770. The number of ether oxygens (including phenoxy) is 1. The number of hydrogen-bond acceptors (Lipinski definition) is 4. The van der Waals surface area contributed by atoms with E-state index in [-0.39, 0.29) is 21.9 Å². The van der Waals surface area contributed by atoms with Crippen LogP contribution in [0.15, 0.2) is 18.2 Å². The number of carbonyl (C=O) groups excluding carboxylic acids is 1. The minimum Gasteiger partial charge on any atom is -0.494 e. The number of thiophene rings is 1. The molecule has 0 aliphatic carbocycles. The number of hydrogen-bond donors (Lipinski definition) is 2. The predicted octanol–water partition coefficient (Wildman–Crippen LogP) is 3.72. The number of amides is 1. The molecule has 7 heteroatoms. The van der Waals surface area contributed by atoms with E-state index in [0.29, 0.717) is 12.0 Å². The van der Waals surface area contributed by atoms with E-state index in [1.165, 1.54) is 36.6 Å². The van der Waals surface area contributed by atoms with Crippen LogP contribution in [0.25, 0.3) is 0 Å². The van der Waals surface area contributed by atoms with Crippen LogP contribution in [0, 0.1) is 12.7 Å². The van der Waals surface area contributed by atoms with Crippen LogP contribution < -0.4 is 10.1 Å². The van der Waals surface area contributed by atoms with Gasteiger partial charge in [0.05, 0.1) is 18.2 Å². The van der Waals surface area contributed by atoms with Crippen LogP contribution in [0.5, 0.6) is 5.75 Å². The molecule has 23 heavy (non-hydrogen) atoms. The molecular weight excluding hydrogens is 321 g/mol. The highest BCUT2D eigenvalue weighted by molar-refractivity contribution is 7.16. The van der Waals surface area contributed by atoms with Crippen LogP contribution in [-0.4, -0.2) is 24.1 Å². The summed E-state index contributed by atoms with van der Waals surface area (Å²) in [6.07, 6.45) is 0.535. The minimum atomic E-state index is -1.12. The molecule has 0 spiro atoms. The smallest absolute Gasteiger partial charge is 0.339 e. The highest BCUT2D eigenvalue weighted by Gasteiger charge is 2.23. The van der Waals surface area contributed by atoms with Crippen molar-refractivity contribution in [3.63, 3.8) is 0 Å². The first-order valence-electron chi connectivity index (χ1n) is 6.90. The van der Waals surface area contributed by atoms with Crippen molar-refractivity contribution in [3.05, 3.63) is 45.6 Å². The van der Waals surface area contributed by atoms with Crippen molar-refractivity contribution < 1.29 is 23.8 Å². The van der Waals surface area contributed by atoms with Crippen molar-refractivity contribution in [2.45, 2.75) is 20.3 Å². The number of methoxy groups -OCH3 is 1. The fourth-order valence-electron chi connectivity index (χ4n) is 2.33. The average Bonchev–Trinajstić information content (AvgIpc) is 2.82. The van der Waals surface area contributed by atoms with Crippen LogP contribution in [0.2, 0.25) is 0 Å². The third-order valence-electron chi connectivity index (χ3n) is 3.43. The lowest BCUT2D eigenvalue weighted by molar-refractivity contribution is 0.0697. The molecule has 1 heterocycles. The molecule has 0 saturated carbocycles. The monoisotopic (exact) mass is 337 g/mol. The van der Waals surface area contributed by atoms with Gasteiger partial charge in [0.2, 0.25) is 0 Å². The Hall–Kier alpha value is -2.41. The van der Waals surface area contributed by atoms with Gasteiger partial charge in [-0.05, 0) is 31.0 Å². The summed E-state index contributed by atoms with van der Waals surface area (Å²) in [5.74, 6) is -2.67. The molecule has 0 radical (unpaired) electrons. The van der Waals surface area contributed by atoms with E-state index in [1.807, 2.05) is 6.92 Å². The molecule has 0 bridgehead atoms. The molecule has 122 valence electrons. The number of carbonyl (C=O) groups is 2. The fraction of sp³-hybridized carbons (Fsp3) is 0.250. The van der Waals surface area contributed by atoms with E-state index in [9.17, 15) is 19.1 Å². The van der Waals surface area contributed by atoms with Gasteiger partial charge in [0.1, 0.15) is 5.00 Å². The van der Waals surface area contributed by atoms with Gasteiger partial charge < -0.3 is 15.2 Å². The van der Waals surface area contributed by atoms with Crippen molar-refractivity contribution in [3.8, 4) is 5.75 Å². The zero-order valence-corrected chi connectivity index (χ0v) is 13.7. The van der Waals surface area contributed by atoms with Crippen LogP contribution in [-0.2, 0) is 6.42 Å². The molecule has 5 nitrogen and oxygen atoms in total. The molecule has 2 aromatic rings. The lowest BCUT2D eigenvalue weighted by Gasteiger charge is -2.08. The largest absolute Gasteiger partial charge is 0.494 e. The van der Waals surface area contributed by atoms with Crippen LogP contribution in [0.3, 0.4) is 0 Å². The number of halogens is 1. The van der Waals surface area contributed by atoms with E-state index in [4.69, 9.17) is 4.74 Å². The summed E-state index contributed by atoms with van der Waals surface area (Å²) in [7, 11) is 1.30. The number of rotatable bonds is 5. The summed E-state index contributed by atoms with van der Waals surface area (Å²) in [5, 5.41) is 12.1. The summed E-state index contributed by atoms with van der Waals surface area (Å²) in [6, 6.07) is 4.21. The third-order valence-corrected chi connectivity index (χ3v) is 4.49. The van der Waals surface area contributed by atoms with Gasteiger partial charge in [-0.3, -0.25) is 4.79 Å². The Labute approximate surface area is 136 Å². The van der Waals surface area contributed by atoms with Crippen molar-refractivity contribution in [2.24, 2.45) is 0 Å². The van der Waals surface area contributed by atoms with Gasteiger partial charge in [-0.15, -0.1) is 11.3 Å². The summed E-state index contributed by atoms with van der Waals surface area (Å²) < 4.78 is 19.0. The Kier molecular flexibility index (Phi) is 5.00. The SMILES string of the molecule is CCc1c(C)sc(NC(=O)c2cccc(OC)c2F)c1C(=O)O. The summed E-state index contributed by atoms with van der Waals surface area (Å²) in [5.41, 5.74) is 0.528. The molecule has 0 atom stereocenters. The lowest BCUT2D eigenvalue weighted by atomic mass is 10.1. The van der Waals surface area contributed by atoms with E-state index < -0.39 is 17.7 Å². The van der Waals surface area contributed by atoms with Crippen LogP contribution in [0.1, 0.15) is 38.1 Å². The van der Waals surface area contributed by atoms with Gasteiger partial charge in [0.15, 0.2) is 11.6 Å². The van der Waals surface area contributed by atoms with Crippen LogP contribution in [0.4, 0.5) is 9.39 Å². The first-order chi connectivity index (χ1) is 10.9. The number of carboxylic acids is 1. The molecule has 0 aliphatic heterocycles. The van der Waals surface area contributed by atoms with Gasteiger partial charge in [0, 0.05) is 4.88 Å². The van der Waals surface area contributed by atoms with Gasteiger partial charge in [-0.2, -0.15) is 0 Å². The highest BCUT2D eigenvalue weighted by Crippen LogP contribution is 2.34. The normalized spacial score (nSPS) is 10.4. The second kappa shape index (κ2) is 6.78. The summed E-state index contributed by atoms with van der Waals surface area (Å²) in [4.78, 5) is 24.6. The fourth-order valence-corrected chi connectivity index (χ4v) is 3.47. The van der Waals surface area contributed by atoms with Crippen molar-refractivity contribution in [1.29, 1.82) is 0 Å². The van der Waals surface area contributed by atoms with Crippen molar-refractivity contribution in [1.82, 2.24) is 0 Å². The molecule has 0 aliphatic rings. The Morgan fingerprint density at radius 3 is 2.65 bits per heavy atom. The van der Waals surface area contributed by atoms with E-state index in [2.05, 4.69) is 5.32 Å². The van der Waals surface area contributed by atoms with Crippen molar-refractivity contribution >= 4 is 28.2 Å². The predicted molar refractivity (Wildman–Crippen MR) is 86.3 cm³/mol. The van der Waals surface area contributed by atoms with E-state index >= 15 is 0 Å². The molecule has 0 unspecified atom stereocenters. The van der Waals surface area contributed by atoms with Gasteiger partial charge in [-0.1, -0.05) is 13.0 Å². The number of nitrogens with one attached hydrogen (secondary N) is 1. The first kappa shape index (κ1) is 17.0. The summed E-state index contributed by atoms with van der Waals surface area (Å²) in [6.45, 7) is 3.63. The van der Waals surface area contributed by atoms with E-state index in [0.717, 1.165) is 4.88 Å². The van der Waals surface area contributed by atoms with Gasteiger partial charge >= 0.3 is 5.97 Å². The number of aryl methyl sites for hydroxylation is 1. The first-order valence-corrected chi connectivity index (χ1v) is 7.71.